The number of hydrogen-bond acceptors (Lipinski definition) is 3. The molecule has 1 aliphatic heterocycles. The number of benzene rings is 5. The van der Waals surface area contributed by atoms with Gasteiger partial charge < -0.3 is 10.2 Å². The number of nitrogens with one attached hydrogen (secondary N) is 1. The summed E-state index contributed by atoms with van der Waals surface area (Å²) in [7, 11) is 3.04. The highest BCUT2D eigenvalue weighted by atomic mass is 32.1. The molecule has 0 radical (unpaired) electrons. The van der Waals surface area contributed by atoms with Gasteiger partial charge in [-0.1, -0.05) is 102 Å². The van der Waals surface area contributed by atoms with Gasteiger partial charge in [-0.2, -0.15) is 0 Å². The second-order valence-electron chi connectivity index (χ2n) is 14.8. The van der Waals surface area contributed by atoms with Gasteiger partial charge in [-0.15, -0.1) is 11.3 Å². The van der Waals surface area contributed by atoms with E-state index >= 15 is 0 Å². The van der Waals surface area contributed by atoms with Crippen LogP contribution in [0.5, 0.6) is 0 Å². The minimum atomic E-state index is 0.417. The number of allylic oxidation sites excluding steroid dienone is 5. The van der Waals surface area contributed by atoms with Crippen LogP contribution in [0.4, 0.5) is 22.7 Å². The third-order valence-electron chi connectivity index (χ3n) is 11.3. The Kier molecular flexibility index (Phi) is 7.93. The van der Waals surface area contributed by atoms with E-state index in [1.165, 1.54) is 104 Å². The number of anilines is 4. The summed E-state index contributed by atoms with van der Waals surface area (Å²) in [5, 5.41) is 5.51. The lowest BCUT2D eigenvalue weighted by Crippen LogP contribution is -2.41. The zero-order chi connectivity index (χ0) is 34.8. The Hall–Kier alpha value is -4.99. The number of rotatable bonds is 5. The van der Waals surface area contributed by atoms with Crippen molar-refractivity contribution in [2.75, 3.05) is 10.2 Å². The predicted octanol–water partition coefficient (Wildman–Crippen LogP) is 9.52. The van der Waals surface area contributed by atoms with Crippen molar-refractivity contribution >= 4 is 81.8 Å². The Balaban J connectivity index is 1.39. The van der Waals surface area contributed by atoms with Gasteiger partial charge in [-0.25, -0.2) is 0 Å². The van der Waals surface area contributed by atoms with Gasteiger partial charge >= 0.3 is 0 Å². The number of hydrogen-bond donors (Lipinski definition) is 1. The highest BCUT2D eigenvalue weighted by molar-refractivity contribution is 7.19. The van der Waals surface area contributed by atoms with Crippen molar-refractivity contribution in [1.29, 1.82) is 0 Å². The first-order valence-electron chi connectivity index (χ1n) is 18.4. The summed E-state index contributed by atoms with van der Waals surface area (Å²) in [5.74, 6) is 0.417. The second-order valence-corrected chi connectivity index (χ2v) is 16.0. The lowest BCUT2D eigenvalue weighted by Gasteiger charge is -2.36. The molecule has 2 nitrogen and oxygen atoms in total. The summed E-state index contributed by atoms with van der Waals surface area (Å²) < 4.78 is 1.36. The molecule has 0 fully saturated rings. The molecule has 0 spiro atoms. The summed E-state index contributed by atoms with van der Waals surface area (Å²) in [6, 6.07) is 34.2. The van der Waals surface area contributed by atoms with Crippen molar-refractivity contribution < 1.29 is 0 Å². The van der Waals surface area contributed by atoms with E-state index in [1.807, 2.05) is 11.3 Å². The summed E-state index contributed by atoms with van der Waals surface area (Å²) in [6.07, 6.45) is 12.7. The van der Waals surface area contributed by atoms with E-state index in [-0.39, 0.29) is 0 Å². The van der Waals surface area contributed by atoms with Crippen molar-refractivity contribution in [1.82, 2.24) is 0 Å². The van der Waals surface area contributed by atoms with Crippen LogP contribution in [-0.2, 0) is 6.42 Å². The number of fused-ring (bicyclic) bond motifs is 5. The molecule has 1 unspecified atom stereocenters. The molecule has 5 heteroatoms. The SMILES string of the molecule is Bc1ccc(N2c3ccccc3Bc3c2cc(-c2ccccc2C)c(C)c3-c2ccc3sc4c(c3c2NC2=CC=C(C)CC2C)C=CCC4)cc1. The van der Waals surface area contributed by atoms with Crippen molar-refractivity contribution in [3.05, 3.63) is 142 Å². The molecular weight excluding hydrogens is 634 g/mol. The van der Waals surface area contributed by atoms with Crippen LogP contribution in [0.15, 0.2) is 120 Å². The van der Waals surface area contributed by atoms with Crippen molar-refractivity contribution in [3.8, 4) is 22.3 Å². The number of nitrogens with zero attached hydrogens (tertiary/aromatic N) is 1. The fraction of sp³-hybridized carbons (Fsp3) is 0.174. The first-order chi connectivity index (χ1) is 24.9. The molecule has 0 saturated heterocycles. The number of para-hydroxylation sites is 1. The molecule has 1 atom stereocenters. The quantitative estimate of drug-likeness (QED) is 0.183. The largest absolute Gasteiger partial charge is 0.358 e. The van der Waals surface area contributed by atoms with Gasteiger partial charge in [0.05, 0.1) is 5.69 Å². The molecule has 5 aromatic carbocycles. The Labute approximate surface area is 307 Å². The van der Waals surface area contributed by atoms with Gasteiger partial charge in [-0.3, -0.25) is 0 Å². The highest BCUT2D eigenvalue weighted by Gasteiger charge is 2.32. The summed E-state index contributed by atoms with van der Waals surface area (Å²) in [6.45, 7) is 9.22. The van der Waals surface area contributed by atoms with Gasteiger partial charge in [0.1, 0.15) is 7.85 Å². The van der Waals surface area contributed by atoms with E-state index < -0.39 is 0 Å². The van der Waals surface area contributed by atoms with Gasteiger partial charge in [-0.05, 0) is 121 Å². The monoisotopic (exact) mass is 676 g/mol. The lowest BCUT2D eigenvalue weighted by atomic mass is 9.57. The zero-order valence-corrected chi connectivity index (χ0v) is 31.0. The molecule has 2 aliphatic carbocycles. The van der Waals surface area contributed by atoms with Crippen molar-refractivity contribution in [3.63, 3.8) is 0 Å². The fourth-order valence-corrected chi connectivity index (χ4v) is 9.85. The minimum absolute atomic E-state index is 0.417. The standard InChI is InChI=1S/C46H42B2N2S/c1-27-17-23-38(29(3)25-27)49-46-35(22-24-42-44(46)34-13-7-10-16-41(34)51-42)43-30(4)36(33-12-6-5-11-28(33)2)26-40-45(43)48-37-14-8-9-15-39(37)50(40)32-20-18-31(47)19-21-32/h5-9,11-15,17-24,26,29,48-49H,10,16,25,47H2,1-4H3. The maximum absolute atomic E-state index is 4.15. The Morgan fingerprint density at radius 3 is 2.47 bits per heavy atom. The third kappa shape index (κ3) is 5.41. The van der Waals surface area contributed by atoms with E-state index in [9.17, 15) is 0 Å². The highest BCUT2D eigenvalue weighted by Crippen LogP contribution is 2.48. The van der Waals surface area contributed by atoms with E-state index in [2.05, 4.69) is 161 Å². The van der Waals surface area contributed by atoms with Crippen LogP contribution >= 0.6 is 11.3 Å². The molecule has 2 heterocycles. The second kappa shape index (κ2) is 12.7. The molecule has 6 aromatic rings. The number of aryl methyl sites for hydroxylation is 2. The minimum Gasteiger partial charge on any atom is -0.358 e. The van der Waals surface area contributed by atoms with Crippen molar-refractivity contribution in [2.45, 2.75) is 47.0 Å². The first-order valence-corrected chi connectivity index (χ1v) is 19.2. The molecule has 0 saturated carbocycles. The molecule has 0 bridgehead atoms. The Morgan fingerprint density at radius 2 is 1.65 bits per heavy atom. The molecule has 1 aromatic heterocycles. The third-order valence-corrected chi connectivity index (χ3v) is 12.5. The molecule has 1 N–H and O–H groups in total. The molecule has 3 aliphatic rings. The van der Waals surface area contributed by atoms with E-state index in [0.29, 0.717) is 5.92 Å². The summed E-state index contributed by atoms with van der Waals surface area (Å²) in [5.41, 5.74) is 20.9. The molecule has 0 amide bonds. The fourth-order valence-electron chi connectivity index (χ4n) is 8.64. The topological polar surface area (TPSA) is 15.3 Å². The van der Waals surface area contributed by atoms with Gasteiger partial charge in [0.15, 0.2) is 7.28 Å². The van der Waals surface area contributed by atoms with Crippen LogP contribution in [0.2, 0.25) is 0 Å². The van der Waals surface area contributed by atoms with Crippen LogP contribution in [0.25, 0.3) is 38.4 Å². The Bertz CT molecular complexity index is 2460. The number of thiophene rings is 1. The lowest BCUT2D eigenvalue weighted by molar-refractivity contribution is 0.666. The average Bonchev–Trinajstić information content (AvgIpc) is 3.52. The van der Waals surface area contributed by atoms with Crippen LogP contribution in [-0.4, -0.2) is 15.1 Å². The smallest absolute Gasteiger partial charge is 0.198 e. The van der Waals surface area contributed by atoms with Crippen LogP contribution in [0.1, 0.15) is 48.3 Å². The van der Waals surface area contributed by atoms with E-state index in [0.717, 1.165) is 26.5 Å². The normalized spacial score (nSPS) is 16.2. The van der Waals surface area contributed by atoms with Crippen LogP contribution < -0.4 is 26.6 Å². The molecular formula is C46H42B2N2S. The molecule has 51 heavy (non-hydrogen) atoms. The van der Waals surface area contributed by atoms with Gasteiger partial charge in [0, 0.05) is 43.3 Å². The van der Waals surface area contributed by atoms with E-state index in [4.69, 9.17) is 0 Å². The maximum Gasteiger partial charge on any atom is 0.198 e. The summed E-state index contributed by atoms with van der Waals surface area (Å²) >= 11 is 1.97. The van der Waals surface area contributed by atoms with E-state index in [1.54, 1.807) is 0 Å². The first kappa shape index (κ1) is 32.0. The van der Waals surface area contributed by atoms with Crippen molar-refractivity contribution in [2.24, 2.45) is 5.92 Å². The Morgan fingerprint density at radius 1 is 0.843 bits per heavy atom. The molecule has 248 valence electrons. The summed E-state index contributed by atoms with van der Waals surface area (Å²) in [4.78, 5) is 4.01. The maximum atomic E-state index is 4.15. The van der Waals surface area contributed by atoms with Gasteiger partial charge in [0.25, 0.3) is 0 Å². The predicted molar refractivity (Wildman–Crippen MR) is 228 cm³/mol. The van der Waals surface area contributed by atoms with Gasteiger partial charge in [0.2, 0.25) is 0 Å². The van der Waals surface area contributed by atoms with Crippen LogP contribution in [0.3, 0.4) is 0 Å². The zero-order valence-electron chi connectivity index (χ0n) is 30.2. The molecule has 9 rings (SSSR count). The average molecular weight is 677 g/mol. The van der Waals surface area contributed by atoms with Crippen LogP contribution in [0, 0.1) is 19.8 Å².